The quantitative estimate of drug-likeness (QED) is 0.810. The molecule has 1 aromatic rings. The van der Waals surface area contributed by atoms with Crippen LogP contribution in [0.4, 0.5) is 0 Å². The summed E-state index contributed by atoms with van der Waals surface area (Å²) < 4.78 is 0. The molecule has 21 heavy (non-hydrogen) atoms. The van der Waals surface area contributed by atoms with Gasteiger partial charge in [-0.25, -0.2) is 9.97 Å². The van der Waals surface area contributed by atoms with Crippen molar-refractivity contribution in [3.05, 3.63) is 22.8 Å². The van der Waals surface area contributed by atoms with Crippen molar-refractivity contribution in [3.8, 4) is 0 Å². The van der Waals surface area contributed by atoms with Crippen molar-refractivity contribution in [2.45, 2.75) is 50.5 Å². The maximum absolute atomic E-state index is 4.87. The first-order chi connectivity index (χ1) is 10.2. The number of thioether (sulfide) groups is 2. The van der Waals surface area contributed by atoms with E-state index in [1.165, 1.54) is 34.9 Å². The van der Waals surface area contributed by atoms with Crippen molar-refractivity contribution in [3.63, 3.8) is 0 Å². The smallest absolute Gasteiger partial charge is 0.142 e. The Morgan fingerprint density at radius 1 is 1.14 bits per heavy atom. The number of aromatic nitrogens is 2. The molecule has 5 heteroatoms. The highest BCUT2D eigenvalue weighted by molar-refractivity contribution is 8.06. The molecule has 0 radical (unpaired) electrons. The van der Waals surface area contributed by atoms with Gasteiger partial charge in [-0.05, 0) is 52.3 Å². The predicted octanol–water partition coefficient (Wildman–Crippen LogP) is 3.55. The fourth-order valence-electron chi connectivity index (χ4n) is 2.84. The molecule has 1 N–H and O–H groups in total. The number of nitrogens with one attached hydrogen (secondary N) is 1. The van der Waals surface area contributed by atoms with Crippen LogP contribution in [0.5, 0.6) is 0 Å². The second-order valence-electron chi connectivity index (χ2n) is 5.55. The van der Waals surface area contributed by atoms with Crippen molar-refractivity contribution in [1.29, 1.82) is 0 Å². The van der Waals surface area contributed by atoms with Crippen molar-refractivity contribution in [2.75, 3.05) is 25.1 Å². The van der Waals surface area contributed by atoms with Gasteiger partial charge >= 0.3 is 0 Å². The standard InChI is InChI=1S/C16H27N3S2/c1-5-14-15(21-10-9-20-14)16-18-11(2)13(12(3)19-16)7-6-8-17-4/h14-15,17H,5-10H2,1-4H3. The van der Waals surface area contributed by atoms with Gasteiger partial charge in [0.1, 0.15) is 5.82 Å². The van der Waals surface area contributed by atoms with Crippen LogP contribution in [-0.4, -0.2) is 40.3 Å². The van der Waals surface area contributed by atoms with Gasteiger partial charge in [0.15, 0.2) is 0 Å². The number of nitrogens with zero attached hydrogens (tertiary/aromatic N) is 2. The van der Waals surface area contributed by atoms with E-state index < -0.39 is 0 Å². The van der Waals surface area contributed by atoms with E-state index in [0.29, 0.717) is 10.5 Å². The van der Waals surface area contributed by atoms with Crippen LogP contribution in [0.3, 0.4) is 0 Å². The van der Waals surface area contributed by atoms with Gasteiger partial charge in [0.05, 0.1) is 5.25 Å². The van der Waals surface area contributed by atoms with Crippen LogP contribution in [0.2, 0.25) is 0 Å². The molecule has 1 aliphatic heterocycles. The van der Waals surface area contributed by atoms with Crippen molar-refractivity contribution in [2.24, 2.45) is 0 Å². The van der Waals surface area contributed by atoms with Crippen LogP contribution in [0.15, 0.2) is 0 Å². The Morgan fingerprint density at radius 2 is 1.81 bits per heavy atom. The number of rotatable bonds is 6. The van der Waals surface area contributed by atoms with Crippen molar-refractivity contribution >= 4 is 23.5 Å². The Bertz CT molecular complexity index is 442. The van der Waals surface area contributed by atoms with Gasteiger partial charge in [-0.15, -0.1) is 11.8 Å². The van der Waals surface area contributed by atoms with E-state index in [-0.39, 0.29) is 0 Å². The van der Waals surface area contributed by atoms with E-state index in [4.69, 9.17) is 9.97 Å². The average molecular weight is 326 g/mol. The van der Waals surface area contributed by atoms with Crippen molar-refractivity contribution < 1.29 is 0 Å². The average Bonchev–Trinajstić information content (AvgIpc) is 2.49. The fourth-order valence-corrected chi connectivity index (χ4v) is 5.83. The molecule has 1 fully saturated rings. The third kappa shape index (κ3) is 4.36. The largest absolute Gasteiger partial charge is 0.320 e. The van der Waals surface area contributed by atoms with Crippen molar-refractivity contribution in [1.82, 2.24) is 15.3 Å². The highest BCUT2D eigenvalue weighted by Gasteiger charge is 2.29. The van der Waals surface area contributed by atoms with Gasteiger partial charge in [-0.3, -0.25) is 0 Å². The lowest BCUT2D eigenvalue weighted by Crippen LogP contribution is -2.21. The minimum atomic E-state index is 0.470. The van der Waals surface area contributed by atoms with Gasteiger partial charge in [0.2, 0.25) is 0 Å². The summed E-state index contributed by atoms with van der Waals surface area (Å²) in [7, 11) is 2.00. The monoisotopic (exact) mass is 325 g/mol. The van der Waals surface area contributed by atoms with E-state index in [1.54, 1.807) is 0 Å². The summed E-state index contributed by atoms with van der Waals surface area (Å²) in [6.07, 6.45) is 3.42. The fraction of sp³-hybridized carbons (Fsp3) is 0.750. The topological polar surface area (TPSA) is 37.8 Å². The van der Waals surface area contributed by atoms with Crippen LogP contribution in [0.1, 0.15) is 47.8 Å². The molecule has 0 bridgehead atoms. The predicted molar refractivity (Wildman–Crippen MR) is 95.5 cm³/mol. The number of hydrogen-bond donors (Lipinski definition) is 1. The first kappa shape index (κ1) is 17.1. The lowest BCUT2D eigenvalue weighted by molar-refractivity contribution is 0.701. The summed E-state index contributed by atoms with van der Waals surface area (Å²) in [6.45, 7) is 7.62. The summed E-state index contributed by atoms with van der Waals surface area (Å²) >= 11 is 4.13. The first-order valence-electron chi connectivity index (χ1n) is 7.89. The van der Waals surface area contributed by atoms with E-state index in [9.17, 15) is 0 Å². The first-order valence-corrected chi connectivity index (χ1v) is 9.99. The van der Waals surface area contributed by atoms with Gasteiger partial charge in [0, 0.05) is 28.1 Å². The van der Waals surface area contributed by atoms with Gasteiger partial charge in [-0.1, -0.05) is 6.92 Å². The molecule has 1 aliphatic rings. The Labute approximate surface area is 137 Å². The molecular weight excluding hydrogens is 298 g/mol. The van der Waals surface area contributed by atoms with E-state index in [0.717, 1.165) is 25.2 Å². The third-order valence-electron chi connectivity index (χ3n) is 4.00. The Hall–Kier alpha value is -0.260. The number of aryl methyl sites for hydroxylation is 2. The van der Waals surface area contributed by atoms with E-state index in [1.807, 2.05) is 18.8 Å². The molecule has 1 saturated heterocycles. The molecule has 118 valence electrons. The molecule has 2 atom stereocenters. The molecule has 0 saturated carbocycles. The zero-order chi connectivity index (χ0) is 15.2. The molecule has 0 aliphatic carbocycles. The van der Waals surface area contributed by atoms with Crippen LogP contribution >= 0.6 is 23.5 Å². The zero-order valence-electron chi connectivity index (χ0n) is 13.6. The lowest BCUT2D eigenvalue weighted by Gasteiger charge is -2.29. The molecule has 0 spiro atoms. The highest BCUT2D eigenvalue weighted by Crippen LogP contribution is 2.43. The molecule has 3 nitrogen and oxygen atoms in total. The summed E-state index contributed by atoms with van der Waals surface area (Å²) in [4.78, 5) is 9.74. The van der Waals surface area contributed by atoms with Gasteiger partial charge < -0.3 is 5.32 Å². The summed E-state index contributed by atoms with van der Waals surface area (Å²) in [5.41, 5.74) is 3.70. The van der Waals surface area contributed by atoms with Crippen LogP contribution in [0, 0.1) is 13.8 Å². The Balaban J connectivity index is 2.18. The molecule has 0 amide bonds. The summed E-state index contributed by atoms with van der Waals surface area (Å²) in [5.74, 6) is 3.54. The minimum Gasteiger partial charge on any atom is -0.320 e. The Morgan fingerprint density at radius 3 is 2.43 bits per heavy atom. The van der Waals surface area contributed by atoms with E-state index >= 15 is 0 Å². The highest BCUT2D eigenvalue weighted by atomic mass is 32.2. The summed E-state index contributed by atoms with van der Waals surface area (Å²) in [6, 6.07) is 0. The molecule has 2 rings (SSSR count). The maximum atomic E-state index is 4.87. The molecule has 2 heterocycles. The maximum Gasteiger partial charge on any atom is 0.142 e. The summed E-state index contributed by atoms with van der Waals surface area (Å²) in [5, 5.41) is 4.34. The number of hydrogen-bond acceptors (Lipinski definition) is 5. The van der Waals surface area contributed by atoms with E-state index in [2.05, 4.69) is 37.8 Å². The van der Waals surface area contributed by atoms with Crippen LogP contribution < -0.4 is 5.32 Å². The van der Waals surface area contributed by atoms with Gasteiger partial charge in [-0.2, -0.15) is 11.8 Å². The molecule has 1 aromatic heterocycles. The van der Waals surface area contributed by atoms with Crippen LogP contribution in [0.25, 0.3) is 0 Å². The molecule has 2 unspecified atom stereocenters. The molecular formula is C16H27N3S2. The normalized spacial score (nSPS) is 22.5. The molecule has 0 aromatic carbocycles. The minimum absolute atomic E-state index is 0.470. The van der Waals surface area contributed by atoms with Gasteiger partial charge in [0.25, 0.3) is 0 Å². The van der Waals surface area contributed by atoms with Crippen LogP contribution in [-0.2, 0) is 6.42 Å². The second kappa shape index (κ2) is 8.39. The SMILES string of the molecule is CCC1SCCSC1c1nc(C)c(CCCNC)c(C)n1. The third-order valence-corrected chi connectivity index (χ3v) is 7.24. The Kier molecular flexibility index (Phi) is 6.83. The second-order valence-corrected chi connectivity index (χ2v) is 8.14. The zero-order valence-corrected chi connectivity index (χ0v) is 15.2. The lowest BCUT2D eigenvalue weighted by atomic mass is 10.1.